The number of carbonyl (C=O) groups is 2. The van der Waals surface area contributed by atoms with Crippen LogP contribution in [0.2, 0.25) is 0 Å². The fourth-order valence-corrected chi connectivity index (χ4v) is 9.42. The lowest BCUT2D eigenvalue weighted by atomic mass is 10.1. The first-order valence-electron chi connectivity index (χ1n) is 21.7. The molecule has 2 fully saturated rings. The van der Waals surface area contributed by atoms with Gasteiger partial charge in [0.2, 0.25) is 15.9 Å². The van der Waals surface area contributed by atoms with Crippen molar-refractivity contribution in [1.29, 1.82) is 0 Å². The van der Waals surface area contributed by atoms with E-state index in [-0.39, 0.29) is 41.8 Å². The summed E-state index contributed by atoms with van der Waals surface area (Å²) in [7, 11) is 1.52. The largest absolute Gasteiger partial charge is 0.497 e. The normalized spacial score (nSPS) is 15.9. The predicted octanol–water partition coefficient (Wildman–Crippen LogP) is 8.42. The predicted molar refractivity (Wildman–Crippen MR) is 248 cm³/mol. The fraction of sp³-hybridized carbons (Fsp3) is 0.367. The average molecular weight is 918 g/mol. The molecule has 2 aliphatic rings. The van der Waals surface area contributed by atoms with Gasteiger partial charge >= 0.3 is 6.09 Å². The second-order valence-electron chi connectivity index (χ2n) is 17.6. The Morgan fingerprint density at radius 1 is 0.803 bits per heavy atom. The first kappa shape index (κ1) is 45.8. The molecule has 0 aliphatic heterocycles. The van der Waals surface area contributed by atoms with Crippen LogP contribution in [-0.2, 0) is 39.2 Å². The molecular weight excluding hydrogens is 863 g/mol. The molecule has 0 spiro atoms. The van der Waals surface area contributed by atoms with Crippen LogP contribution in [0.4, 0.5) is 16.2 Å². The summed E-state index contributed by atoms with van der Waals surface area (Å²) in [5, 5.41) is 2.96. The van der Waals surface area contributed by atoms with Crippen molar-refractivity contribution in [2.24, 2.45) is 5.92 Å². The number of nitrogens with one attached hydrogen (secondary N) is 1. The highest BCUT2D eigenvalue weighted by atomic mass is 32.2. The molecule has 0 unspecified atom stereocenters. The van der Waals surface area contributed by atoms with Gasteiger partial charge in [-0.15, -0.1) is 0 Å². The van der Waals surface area contributed by atoms with Crippen LogP contribution in [0.15, 0.2) is 96.3 Å². The van der Waals surface area contributed by atoms with E-state index in [2.05, 4.69) is 27.5 Å². The molecule has 2 aliphatic carbocycles. The second-order valence-corrected chi connectivity index (χ2v) is 19.5. The Morgan fingerprint density at radius 2 is 1.47 bits per heavy atom. The van der Waals surface area contributed by atoms with Gasteiger partial charge in [-0.3, -0.25) is 9.69 Å². The molecule has 0 bridgehead atoms. The Morgan fingerprint density at radius 3 is 2.06 bits per heavy atom. The van der Waals surface area contributed by atoms with E-state index in [0.717, 1.165) is 18.5 Å². The van der Waals surface area contributed by atoms with E-state index in [1.165, 1.54) is 61.4 Å². The van der Waals surface area contributed by atoms with Crippen LogP contribution in [-0.4, -0.2) is 78.1 Å². The number of fused-ring (bicyclic) bond motifs is 1. The Bertz CT molecular complexity index is 2840. The van der Waals surface area contributed by atoms with E-state index in [1.807, 2.05) is 23.6 Å². The molecule has 3 aromatic heterocycles. The zero-order valence-electron chi connectivity index (χ0n) is 38.4. The Hall–Kier alpha value is -6.72. The maximum atomic E-state index is 15.5. The Balaban J connectivity index is 1.23. The molecule has 2 saturated carbocycles. The smallest absolute Gasteiger partial charge is 0.415 e. The summed E-state index contributed by atoms with van der Waals surface area (Å²) in [6.45, 7) is 6.82. The molecule has 2 atom stereocenters. The SMILES string of the molecule is COc1ccc(CN(Cc2ccc(OC)cc2OC)S(=O)(=O)c2ccc(N(Cc3cn4cc(C5CC5)ccc4n3)C(=O)OC(C)(C)C)cc2NC(=O)[C@H]2C[C@@H]2c2nccc(C)n2)c(OC)c1. The number of methoxy groups -OCH3 is 4. The number of benzene rings is 3. The number of imidazole rings is 1. The highest BCUT2D eigenvalue weighted by Crippen LogP contribution is 2.47. The molecule has 8 rings (SSSR count). The minimum Gasteiger partial charge on any atom is -0.497 e. The van der Waals surface area contributed by atoms with Gasteiger partial charge in [0.1, 0.15) is 45.0 Å². The zero-order valence-corrected chi connectivity index (χ0v) is 39.2. The molecule has 16 nitrogen and oxygen atoms in total. The number of pyridine rings is 1. The van der Waals surface area contributed by atoms with Crippen molar-refractivity contribution < 1.29 is 41.7 Å². The zero-order chi connectivity index (χ0) is 46.9. The van der Waals surface area contributed by atoms with E-state index in [0.29, 0.717) is 63.6 Å². The number of aryl methyl sites for hydroxylation is 1. The summed E-state index contributed by atoms with van der Waals surface area (Å²) in [5.41, 5.74) is 3.72. The molecule has 6 aromatic rings. The molecule has 3 aromatic carbocycles. The van der Waals surface area contributed by atoms with E-state index >= 15 is 8.42 Å². The number of aromatic nitrogens is 4. The van der Waals surface area contributed by atoms with Crippen molar-refractivity contribution in [2.75, 3.05) is 38.7 Å². The minimum absolute atomic E-state index is 0.0229. The number of hydrogen-bond donors (Lipinski definition) is 1. The third kappa shape index (κ3) is 10.2. The molecular formula is C49H55N7O9S. The molecule has 346 valence electrons. The van der Waals surface area contributed by atoms with Crippen LogP contribution >= 0.6 is 0 Å². The van der Waals surface area contributed by atoms with Crippen molar-refractivity contribution in [2.45, 2.75) is 88.9 Å². The van der Waals surface area contributed by atoms with Crippen LogP contribution in [0.5, 0.6) is 23.0 Å². The number of nitrogens with zero attached hydrogens (tertiary/aromatic N) is 6. The molecule has 66 heavy (non-hydrogen) atoms. The van der Waals surface area contributed by atoms with Gasteiger partial charge in [-0.1, -0.05) is 18.2 Å². The first-order chi connectivity index (χ1) is 31.6. The number of hydrogen-bond acceptors (Lipinski definition) is 12. The van der Waals surface area contributed by atoms with Crippen molar-refractivity contribution >= 4 is 39.0 Å². The van der Waals surface area contributed by atoms with Crippen molar-refractivity contribution in [3.05, 3.63) is 125 Å². The third-order valence-corrected chi connectivity index (χ3v) is 13.5. The van der Waals surface area contributed by atoms with Gasteiger partial charge in [-0.2, -0.15) is 4.31 Å². The molecule has 3 heterocycles. The standard InChI is InChI=1S/C49H55N7O9S/c1-30-19-20-50-46(51-30)39-24-40(39)47(57)53-41-21-36(56(48(58)65-49(2,3)4)29-35-28-54-25-32(31-9-10-31)13-18-45(54)52-35)14-17-44(41)66(59,60)55(26-33-11-15-37(61-5)22-42(33)63-7)27-34-12-16-38(62-6)23-43(34)64-8/h11-23,25,28,31,39-40H,9-10,24,26-27,29H2,1-8H3,(H,53,57)/t39-,40-/m0/s1. The second kappa shape index (κ2) is 18.6. The van der Waals surface area contributed by atoms with Gasteiger partial charge in [0.05, 0.1) is 46.4 Å². The highest BCUT2D eigenvalue weighted by molar-refractivity contribution is 7.89. The van der Waals surface area contributed by atoms with Crippen molar-refractivity contribution in [1.82, 2.24) is 23.7 Å². The summed E-state index contributed by atoms with van der Waals surface area (Å²) >= 11 is 0. The van der Waals surface area contributed by atoms with E-state index in [1.54, 1.807) is 69.4 Å². The topological polar surface area (TPSA) is 176 Å². The third-order valence-electron chi connectivity index (χ3n) is 11.6. The Labute approximate surface area is 384 Å². The number of sulfonamides is 1. The van der Waals surface area contributed by atoms with Gasteiger partial charge < -0.3 is 33.4 Å². The molecule has 1 N–H and O–H groups in total. The Kier molecular flexibility index (Phi) is 12.9. The molecule has 0 radical (unpaired) electrons. The maximum absolute atomic E-state index is 15.5. The summed E-state index contributed by atoms with van der Waals surface area (Å²) < 4.78 is 62.4. The van der Waals surface area contributed by atoms with Crippen LogP contribution in [0.25, 0.3) is 5.65 Å². The highest BCUT2D eigenvalue weighted by Gasteiger charge is 2.46. The number of amides is 2. The van der Waals surface area contributed by atoms with E-state index in [9.17, 15) is 9.59 Å². The summed E-state index contributed by atoms with van der Waals surface area (Å²) in [6, 6.07) is 20.5. The minimum atomic E-state index is -4.54. The fourth-order valence-electron chi connectivity index (χ4n) is 7.90. The van der Waals surface area contributed by atoms with Gasteiger partial charge in [-0.05, 0) is 101 Å². The van der Waals surface area contributed by atoms with Crippen molar-refractivity contribution in [3.8, 4) is 23.0 Å². The summed E-state index contributed by atoms with van der Waals surface area (Å²) in [5.74, 6) is 1.72. The van der Waals surface area contributed by atoms with Gasteiger partial charge in [0, 0.05) is 78.2 Å². The first-order valence-corrected chi connectivity index (χ1v) is 23.2. The molecule has 0 saturated heterocycles. The van der Waals surface area contributed by atoms with Gasteiger partial charge in [-0.25, -0.2) is 28.2 Å². The van der Waals surface area contributed by atoms with Crippen LogP contribution in [0.1, 0.15) is 85.8 Å². The number of rotatable bonds is 17. The lowest BCUT2D eigenvalue weighted by Gasteiger charge is -2.29. The summed E-state index contributed by atoms with van der Waals surface area (Å²) in [4.78, 5) is 43.5. The number of carbonyl (C=O) groups excluding carboxylic acids is 2. The van der Waals surface area contributed by atoms with Crippen LogP contribution in [0, 0.1) is 12.8 Å². The molecule has 2 amide bonds. The molecule has 17 heteroatoms. The number of anilines is 2. The van der Waals surface area contributed by atoms with E-state index < -0.39 is 33.5 Å². The monoisotopic (exact) mass is 917 g/mol. The van der Waals surface area contributed by atoms with Gasteiger partial charge in [0.15, 0.2) is 0 Å². The lowest BCUT2D eigenvalue weighted by Crippen LogP contribution is -2.37. The lowest BCUT2D eigenvalue weighted by molar-refractivity contribution is -0.117. The van der Waals surface area contributed by atoms with Crippen molar-refractivity contribution in [3.63, 3.8) is 0 Å². The van der Waals surface area contributed by atoms with E-state index in [4.69, 9.17) is 28.7 Å². The quantitative estimate of drug-likeness (QED) is 0.0926. The van der Waals surface area contributed by atoms with Crippen LogP contribution in [0.3, 0.4) is 0 Å². The average Bonchev–Trinajstić information content (AvgIpc) is 4.24. The maximum Gasteiger partial charge on any atom is 0.415 e. The van der Waals surface area contributed by atoms with Gasteiger partial charge in [0.25, 0.3) is 0 Å². The van der Waals surface area contributed by atoms with Crippen LogP contribution < -0.4 is 29.2 Å². The summed E-state index contributed by atoms with van der Waals surface area (Å²) in [6.07, 6.45) is 7.67. The number of ether oxygens (including phenoxy) is 5.